The number of ether oxygens (including phenoxy) is 1. The van der Waals surface area contributed by atoms with E-state index in [9.17, 15) is 9.59 Å². The fourth-order valence-electron chi connectivity index (χ4n) is 5.48. The van der Waals surface area contributed by atoms with E-state index < -0.39 is 0 Å². The summed E-state index contributed by atoms with van der Waals surface area (Å²) in [6.07, 6.45) is 7.14. The van der Waals surface area contributed by atoms with Gasteiger partial charge in [-0.15, -0.1) is 0 Å². The molecule has 0 spiro atoms. The van der Waals surface area contributed by atoms with Crippen LogP contribution in [0.4, 0.5) is 5.69 Å². The average Bonchev–Trinajstić information content (AvgIpc) is 3.58. The van der Waals surface area contributed by atoms with Crippen molar-refractivity contribution in [3.63, 3.8) is 0 Å². The fraction of sp³-hybridized carbons (Fsp3) is 0.364. The van der Waals surface area contributed by atoms with E-state index in [1.54, 1.807) is 6.20 Å². The molecule has 4 aromatic rings. The normalized spacial score (nSPS) is 14.7. The number of aryl methyl sites for hydroxylation is 2. The molecule has 2 aromatic carbocycles. The van der Waals surface area contributed by atoms with E-state index in [-0.39, 0.29) is 29.7 Å². The molecule has 2 aromatic heterocycles. The molecule has 214 valence electrons. The Morgan fingerprint density at radius 1 is 1.02 bits per heavy atom. The van der Waals surface area contributed by atoms with Crippen LogP contribution in [0.5, 0.6) is 5.75 Å². The molecule has 1 fully saturated rings. The van der Waals surface area contributed by atoms with Crippen molar-refractivity contribution < 1.29 is 14.3 Å². The number of carbonyl (C=O) groups excluding carboxylic acids is 2. The Morgan fingerprint density at radius 2 is 1.73 bits per heavy atom. The number of nitrogens with zero attached hydrogens (tertiary/aromatic N) is 4. The molecule has 2 amide bonds. The summed E-state index contributed by atoms with van der Waals surface area (Å²) in [4.78, 5) is 28.2. The van der Waals surface area contributed by atoms with E-state index >= 15 is 0 Å². The molecule has 0 bridgehead atoms. The van der Waals surface area contributed by atoms with Crippen LogP contribution < -0.4 is 10.1 Å². The summed E-state index contributed by atoms with van der Waals surface area (Å²) in [6, 6.07) is 20.0. The molecule has 3 heterocycles. The standard InChI is InChI=1S/C33H39N5O3/c1-23(2)31(26-10-12-30(13-11-26)41-22-25-8-6-5-7-9-25)32(39)35-28-19-34-38(21-28)29-14-16-37(17-15-29)33(40)27-18-24(3)36(4)20-27/h5-13,18-21,23,29,31H,14-17,22H2,1-4H3,(H,35,39). The minimum Gasteiger partial charge on any atom is -0.489 e. The molecule has 0 aliphatic carbocycles. The van der Waals surface area contributed by atoms with Crippen molar-refractivity contribution in [2.45, 2.75) is 52.2 Å². The van der Waals surface area contributed by atoms with Crippen molar-refractivity contribution in [3.8, 4) is 5.75 Å². The van der Waals surface area contributed by atoms with Crippen LogP contribution in [0.3, 0.4) is 0 Å². The second-order valence-corrected chi connectivity index (χ2v) is 11.3. The number of amides is 2. The number of likely N-dealkylation sites (tertiary alicyclic amines) is 1. The lowest BCUT2D eigenvalue weighted by Crippen LogP contribution is -2.39. The third kappa shape index (κ3) is 6.70. The molecule has 1 unspecified atom stereocenters. The topological polar surface area (TPSA) is 81.4 Å². The lowest BCUT2D eigenvalue weighted by atomic mass is 9.87. The van der Waals surface area contributed by atoms with Gasteiger partial charge in [-0.2, -0.15) is 5.10 Å². The van der Waals surface area contributed by atoms with E-state index in [0.717, 1.165) is 41.0 Å². The third-order valence-electron chi connectivity index (χ3n) is 7.93. The molecule has 1 saturated heterocycles. The van der Waals surface area contributed by atoms with Gasteiger partial charge in [-0.25, -0.2) is 0 Å². The van der Waals surface area contributed by atoms with Crippen molar-refractivity contribution in [2.24, 2.45) is 13.0 Å². The van der Waals surface area contributed by atoms with E-state index in [1.807, 2.05) is 101 Å². The average molecular weight is 554 g/mol. The maximum Gasteiger partial charge on any atom is 0.255 e. The number of anilines is 1. The molecule has 0 radical (unpaired) electrons. The van der Waals surface area contributed by atoms with Crippen LogP contribution in [0.1, 0.15) is 65.8 Å². The second kappa shape index (κ2) is 12.5. The van der Waals surface area contributed by atoms with E-state index in [1.165, 1.54) is 0 Å². The van der Waals surface area contributed by atoms with Gasteiger partial charge in [0.15, 0.2) is 0 Å². The van der Waals surface area contributed by atoms with E-state index in [0.29, 0.717) is 25.4 Å². The van der Waals surface area contributed by atoms with Crippen LogP contribution in [0.25, 0.3) is 0 Å². The minimum atomic E-state index is -0.308. The number of carbonyl (C=O) groups is 2. The summed E-state index contributed by atoms with van der Waals surface area (Å²) in [5.41, 5.74) is 4.54. The van der Waals surface area contributed by atoms with Gasteiger partial charge in [-0.1, -0.05) is 56.3 Å². The molecule has 1 atom stereocenters. The zero-order valence-corrected chi connectivity index (χ0v) is 24.3. The highest BCUT2D eigenvalue weighted by Crippen LogP contribution is 2.29. The van der Waals surface area contributed by atoms with Gasteiger partial charge in [-0.05, 0) is 55.0 Å². The monoisotopic (exact) mass is 553 g/mol. The van der Waals surface area contributed by atoms with Crippen molar-refractivity contribution in [1.82, 2.24) is 19.2 Å². The van der Waals surface area contributed by atoms with Gasteiger partial charge >= 0.3 is 0 Å². The summed E-state index contributed by atoms with van der Waals surface area (Å²) in [5.74, 6) is 0.592. The first kappa shape index (κ1) is 28.2. The molecular weight excluding hydrogens is 514 g/mol. The molecule has 5 rings (SSSR count). The number of piperidine rings is 1. The lowest BCUT2D eigenvalue weighted by Gasteiger charge is -2.32. The molecule has 1 N–H and O–H groups in total. The maximum atomic E-state index is 13.4. The fourth-order valence-corrected chi connectivity index (χ4v) is 5.48. The summed E-state index contributed by atoms with van der Waals surface area (Å²) >= 11 is 0. The predicted octanol–water partition coefficient (Wildman–Crippen LogP) is 5.96. The largest absolute Gasteiger partial charge is 0.489 e. The van der Waals surface area contributed by atoms with Crippen LogP contribution in [0.15, 0.2) is 79.3 Å². The number of hydrogen-bond donors (Lipinski definition) is 1. The highest BCUT2D eigenvalue weighted by Gasteiger charge is 2.27. The number of benzene rings is 2. The Balaban J connectivity index is 1.16. The van der Waals surface area contributed by atoms with Crippen molar-refractivity contribution in [1.29, 1.82) is 0 Å². The zero-order valence-electron chi connectivity index (χ0n) is 24.3. The third-order valence-corrected chi connectivity index (χ3v) is 7.93. The Bertz CT molecular complexity index is 1440. The summed E-state index contributed by atoms with van der Waals surface area (Å²) < 4.78 is 9.81. The van der Waals surface area contributed by atoms with Gasteiger partial charge in [0.2, 0.25) is 5.91 Å². The Labute approximate surface area is 241 Å². The van der Waals surface area contributed by atoms with Crippen molar-refractivity contribution >= 4 is 17.5 Å². The Kier molecular flexibility index (Phi) is 8.57. The zero-order chi connectivity index (χ0) is 28.9. The number of rotatable bonds is 9. The first-order chi connectivity index (χ1) is 19.8. The summed E-state index contributed by atoms with van der Waals surface area (Å²) in [5, 5.41) is 7.63. The molecule has 1 aliphatic rings. The smallest absolute Gasteiger partial charge is 0.255 e. The van der Waals surface area contributed by atoms with Crippen molar-refractivity contribution in [3.05, 3.63) is 102 Å². The highest BCUT2D eigenvalue weighted by atomic mass is 16.5. The Morgan fingerprint density at radius 3 is 2.37 bits per heavy atom. The molecule has 8 heteroatoms. The van der Waals surface area contributed by atoms with Crippen molar-refractivity contribution in [2.75, 3.05) is 18.4 Å². The maximum absolute atomic E-state index is 13.4. The number of aromatic nitrogens is 3. The van der Waals surface area contributed by atoms with Gasteiger partial charge in [-0.3, -0.25) is 14.3 Å². The van der Waals surface area contributed by atoms with Crippen LogP contribution in [0.2, 0.25) is 0 Å². The molecule has 8 nitrogen and oxygen atoms in total. The van der Waals surface area contributed by atoms with E-state index in [2.05, 4.69) is 24.3 Å². The van der Waals surface area contributed by atoms with E-state index in [4.69, 9.17) is 4.74 Å². The number of hydrogen-bond acceptors (Lipinski definition) is 4. The predicted molar refractivity (Wildman–Crippen MR) is 160 cm³/mol. The summed E-state index contributed by atoms with van der Waals surface area (Å²) in [7, 11) is 1.95. The van der Waals surface area contributed by atoms with Crippen LogP contribution in [0, 0.1) is 12.8 Å². The second-order valence-electron chi connectivity index (χ2n) is 11.3. The molecular formula is C33H39N5O3. The van der Waals surface area contributed by atoms with Gasteiger partial charge in [0.25, 0.3) is 5.91 Å². The molecule has 0 saturated carbocycles. The summed E-state index contributed by atoms with van der Waals surface area (Å²) in [6.45, 7) is 7.97. The quantitative estimate of drug-likeness (QED) is 0.277. The first-order valence-electron chi connectivity index (χ1n) is 14.3. The van der Waals surface area contributed by atoms with Gasteiger partial charge < -0.3 is 19.5 Å². The Hall–Kier alpha value is -4.33. The first-order valence-corrected chi connectivity index (χ1v) is 14.3. The van der Waals surface area contributed by atoms with Crippen LogP contribution in [-0.4, -0.2) is 44.2 Å². The molecule has 41 heavy (non-hydrogen) atoms. The molecule has 1 aliphatic heterocycles. The van der Waals surface area contributed by atoms with Crippen LogP contribution >= 0.6 is 0 Å². The van der Waals surface area contributed by atoms with Gasteiger partial charge in [0.1, 0.15) is 12.4 Å². The highest BCUT2D eigenvalue weighted by molar-refractivity contribution is 5.96. The van der Waals surface area contributed by atoms with Gasteiger partial charge in [0.05, 0.1) is 29.4 Å². The minimum absolute atomic E-state index is 0.0592. The SMILES string of the molecule is Cc1cc(C(=O)N2CCC(n3cc(NC(=O)C(c4ccc(OCc5ccccc5)cc4)C(C)C)cn3)CC2)cn1C. The lowest BCUT2D eigenvalue weighted by molar-refractivity contribution is -0.118. The number of nitrogens with one attached hydrogen (secondary N) is 1. The van der Waals surface area contributed by atoms with Crippen LogP contribution in [-0.2, 0) is 18.4 Å². The van der Waals surface area contributed by atoms with Gasteiger partial charge in [0, 0.05) is 38.2 Å².